The van der Waals surface area contributed by atoms with Gasteiger partial charge in [-0.15, -0.1) is 0 Å². The van der Waals surface area contributed by atoms with Gasteiger partial charge in [-0.05, 0) is 43.6 Å². The Morgan fingerprint density at radius 2 is 1.83 bits per heavy atom. The minimum absolute atomic E-state index is 0.368. The molecule has 3 heteroatoms. The summed E-state index contributed by atoms with van der Waals surface area (Å²) in [6.45, 7) is 4.73. The molecule has 2 fully saturated rings. The van der Waals surface area contributed by atoms with Crippen molar-refractivity contribution in [3.63, 3.8) is 0 Å². The average Bonchev–Trinajstić information content (AvgIpc) is 3.21. The highest BCUT2D eigenvalue weighted by Gasteiger charge is 2.28. The molecule has 106 valence electrons. The predicted molar refractivity (Wildman–Crippen MR) is 75.6 cm³/mol. The second-order valence-electron chi connectivity index (χ2n) is 6.31. The largest absolute Gasteiger partial charge is 0.380 e. The predicted octanol–water partition coefficient (Wildman–Crippen LogP) is 2.30. The van der Waals surface area contributed by atoms with Gasteiger partial charge in [0.25, 0.3) is 0 Å². The van der Waals surface area contributed by atoms with Crippen LogP contribution in [-0.4, -0.2) is 32.8 Å². The first-order chi connectivity index (χ1) is 8.85. The van der Waals surface area contributed by atoms with Gasteiger partial charge >= 0.3 is 0 Å². The molecule has 0 saturated heterocycles. The van der Waals surface area contributed by atoms with Crippen LogP contribution >= 0.6 is 0 Å². The van der Waals surface area contributed by atoms with E-state index in [2.05, 4.69) is 5.32 Å². The zero-order valence-corrected chi connectivity index (χ0v) is 11.8. The van der Waals surface area contributed by atoms with E-state index in [9.17, 15) is 0 Å². The molecule has 2 aliphatic rings. The van der Waals surface area contributed by atoms with Crippen LogP contribution in [0.5, 0.6) is 0 Å². The molecule has 18 heavy (non-hydrogen) atoms. The van der Waals surface area contributed by atoms with Crippen molar-refractivity contribution in [2.45, 2.75) is 51.4 Å². The van der Waals surface area contributed by atoms with Crippen LogP contribution in [0, 0.1) is 11.3 Å². The summed E-state index contributed by atoms with van der Waals surface area (Å²) in [6, 6.07) is 0. The first-order valence-electron chi connectivity index (χ1n) is 7.83. The number of nitrogens with one attached hydrogen (secondary N) is 1. The van der Waals surface area contributed by atoms with Crippen molar-refractivity contribution >= 4 is 0 Å². The Labute approximate surface area is 112 Å². The van der Waals surface area contributed by atoms with E-state index in [1.165, 1.54) is 51.4 Å². The van der Waals surface area contributed by atoms with Crippen LogP contribution in [0.3, 0.4) is 0 Å². The molecule has 0 heterocycles. The first-order valence-corrected chi connectivity index (χ1v) is 7.83. The Morgan fingerprint density at radius 3 is 2.44 bits per heavy atom. The molecule has 3 N–H and O–H groups in total. The molecule has 0 aromatic carbocycles. The Kier molecular flexibility index (Phi) is 5.93. The zero-order valence-electron chi connectivity index (χ0n) is 11.8. The Balaban J connectivity index is 1.56. The highest BCUT2D eigenvalue weighted by molar-refractivity contribution is 4.84. The second kappa shape index (κ2) is 7.46. The number of ether oxygens (including phenoxy) is 1. The number of nitrogens with two attached hydrogens (primary N) is 1. The van der Waals surface area contributed by atoms with Gasteiger partial charge in [0.1, 0.15) is 0 Å². The third kappa shape index (κ3) is 4.87. The lowest BCUT2D eigenvalue weighted by Gasteiger charge is -2.31. The van der Waals surface area contributed by atoms with Crippen LogP contribution in [-0.2, 0) is 4.74 Å². The van der Waals surface area contributed by atoms with E-state index in [1.54, 1.807) is 0 Å². The summed E-state index contributed by atoms with van der Waals surface area (Å²) in [4.78, 5) is 0. The van der Waals surface area contributed by atoms with Crippen molar-refractivity contribution in [3.8, 4) is 0 Å². The minimum Gasteiger partial charge on any atom is -0.380 e. The zero-order chi connectivity index (χ0) is 12.7. The molecular weight excluding hydrogens is 224 g/mol. The molecule has 0 atom stereocenters. The molecule has 2 aliphatic carbocycles. The van der Waals surface area contributed by atoms with Crippen LogP contribution in [0.25, 0.3) is 0 Å². The normalized spacial score (nSPS) is 23.8. The van der Waals surface area contributed by atoms with E-state index in [0.717, 1.165) is 38.8 Å². The Hall–Kier alpha value is -0.120. The molecule has 0 aromatic rings. The van der Waals surface area contributed by atoms with Crippen molar-refractivity contribution in [1.82, 2.24) is 5.32 Å². The van der Waals surface area contributed by atoms with Crippen LogP contribution in [0.1, 0.15) is 51.4 Å². The Morgan fingerprint density at radius 1 is 1.11 bits per heavy atom. The molecule has 2 saturated carbocycles. The minimum atomic E-state index is 0.368. The van der Waals surface area contributed by atoms with Crippen LogP contribution in [0.4, 0.5) is 0 Å². The third-order valence-electron chi connectivity index (χ3n) is 4.57. The lowest BCUT2D eigenvalue weighted by atomic mass is 9.80. The highest BCUT2D eigenvalue weighted by atomic mass is 16.5. The molecule has 0 aromatic heterocycles. The van der Waals surface area contributed by atoms with Crippen LogP contribution < -0.4 is 11.1 Å². The van der Waals surface area contributed by atoms with Gasteiger partial charge < -0.3 is 15.8 Å². The molecule has 0 unspecified atom stereocenters. The standard InChI is InChI=1S/C15H30N2O/c16-12-15(7-3-1-2-4-8-15)13-17-9-10-18-11-14-5-6-14/h14,17H,1-13,16H2. The molecule has 0 spiro atoms. The lowest BCUT2D eigenvalue weighted by Crippen LogP contribution is -2.41. The van der Waals surface area contributed by atoms with Gasteiger partial charge in [-0.2, -0.15) is 0 Å². The Bertz CT molecular complexity index is 221. The fraction of sp³-hybridized carbons (Fsp3) is 1.00. The summed E-state index contributed by atoms with van der Waals surface area (Å²) in [5.41, 5.74) is 6.39. The first kappa shape index (κ1) is 14.3. The highest BCUT2D eigenvalue weighted by Crippen LogP contribution is 2.33. The third-order valence-corrected chi connectivity index (χ3v) is 4.57. The van der Waals surface area contributed by atoms with Crippen molar-refractivity contribution in [1.29, 1.82) is 0 Å². The van der Waals surface area contributed by atoms with E-state index < -0.39 is 0 Å². The van der Waals surface area contributed by atoms with Crippen molar-refractivity contribution in [2.75, 3.05) is 32.8 Å². The van der Waals surface area contributed by atoms with E-state index >= 15 is 0 Å². The summed E-state index contributed by atoms with van der Waals surface area (Å²) >= 11 is 0. The maximum absolute atomic E-state index is 6.03. The fourth-order valence-electron chi connectivity index (χ4n) is 2.96. The number of hydrogen-bond acceptors (Lipinski definition) is 3. The van der Waals surface area contributed by atoms with Gasteiger partial charge in [0.15, 0.2) is 0 Å². The van der Waals surface area contributed by atoms with Gasteiger partial charge in [0.05, 0.1) is 6.61 Å². The summed E-state index contributed by atoms with van der Waals surface area (Å²) in [5.74, 6) is 0.877. The summed E-state index contributed by atoms with van der Waals surface area (Å²) in [6.07, 6.45) is 10.9. The fourth-order valence-corrected chi connectivity index (χ4v) is 2.96. The van der Waals surface area contributed by atoms with Gasteiger partial charge in [-0.3, -0.25) is 0 Å². The van der Waals surface area contributed by atoms with E-state index in [4.69, 9.17) is 10.5 Å². The SMILES string of the molecule is NCC1(CNCCOCC2CC2)CCCCCC1. The van der Waals surface area contributed by atoms with E-state index in [-0.39, 0.29) is 0 Å². The van der Waals surface area contributed by atoms with Crippen LogP contribution in [0.2, 0.25) is 0 Å². The van der Waals surface area contributed by atoms with Gasteiger partial charge in [-0.1, -0.05) is 25.7 Å². The monoisotopic (exact) mass is 254 g/mol. The maximum atomic E-state index is 6.03. The molecule has 3 nitrogen and oxygen atoms in total. The van der Waals surface area contributed by atoms with Gasteiger partial charge in [-0.25, -0.2) is 0 Å². The summed E-state index contributed by atoms with van der Waals surface area (Å²) in [5, 5.41) is 3.56. The molecule has 2 rings (SSSR count). The van der Waals surface area contributed by atoms with Crippen molar-refractivity contribution in [2.24, 2.45) is 17.1 Å². The molecule has 0 radical (unpaired) electrons. The number of hydrogen-bond donors (Lipinski definition) is 2. The second-order valence-corrected chi connectivity index (χ2v) is 6.31. The van der Waals surface area contributed by atoms with E-state index in [1.807, 2.05) is 0 Å². The molecule has 0 aliphatic heterocycles. The maximum Gasteiger partial charge on any atom is 0.0591 e. The average molecular weight is 254 g/mol. The molecule has 0 amide bonds. The summed E-state index contributed by atoms with van der Waals surface area (Å²) < 4.78 is 5.64. The quantitative estimate of drug-likeness (QED) is 0.516. The van der Waals surface area contributed by atoms with Gasteiger partial charge in [0.2, 0.25) is 0 Å². The number of rotatable bonds is 8. The topological polar surface area (TPSA) is 47.3 Å². The molecule has 0 bridgehead atoms. The lowest BCUT2D eigenvalue weighted by molar-refractivity contribution is 0.122. The van der Waals surface area contributed by atoms with E-state index in [0.29, 0.717) is 5.41 Å². The van der Waals surface area contributed by atoms with Gasteiger partial charge in [0, 0.05) is 19.7 Å². The van der Waals surface area contributed by atoms with Crippen LogP contribution in [0.15, 0.2) is 0 Å². The smallest absolute Gasteiger partial charge is 0.0591 e. The van der Waals surface area contributed by atoms with Crippen molar-refractivity contribution < 1.29 is 4.74 Å². The summed E-state index contributed by atoms with van der Waals surface area (Å²) in [7, 11) is 0. The van der Waals surface area contributed by atoms with Crippen molar-refractivity contribution in [3.05, 3.63) is 0 Å². The molecular formula is C15H30N2O.